The first kappa shape index (κ1) is 19.8. The molecule has 1 aliphatic heterocycles. The number of anilines is 1. The van der Waals surface area contributed by atoms with Crippen molar-refractivity contribution in [2.24, 2.45) is 5.92 Å². The molecule has 10 heteroatoms. The molecular formula is C19H19ClF3N5O. The lowest BCUT2D eigenvalue weighted by Gasteiger charge is -2.34. The van der Waals surface area contributed by atoms with Crippen LogP contribution in [0.3, 0.4) is 0 Å². The van der Waals surface area contributed by atoms with E-state index in [1.807, 2.05) is 23.1 Å². The third-order valence-corrected chi connectivity index (χ3v) is 5.14. The van der Waals surface area contributed by atoms with Gasteiger partial charge in [-0.3, -0.25) is 0 Å². The molecule has 1 atom stereocenters. The van der Waals surface area contributed by atoms with Gasteiger partial charge < -0.3 is 9.64 Å². The van der Waals surface area contributed by atoms with Gasteiger partial charge in [-0.15, -0.1) is 5.10 Å². The first-order chi connectivity index (χ1) is 13.8. The molecule has 0 radical (unpaired) electrons. The molecule has 2 aromatic heterocycles. The summed E-state index contributed by atoms with van der Waals surface area (Å²) in [6, 6.07) is 9.01. The van der Waals surface area contributed by atoms with E-state index in [4.69, 9.17) is 16.3 Å². The molecule has 0 spiro atoms. The smallest absolute Gasteiger partial charge is 0.453 e. The average molecular weight is 426 g/mol. The Bertz CT molecular complexity index is 1020. The van der Waals surface area contributed by atoms with Crippen LogP contribution in [0.1, 0.15) is 24.4 Å². The standard InChI is InChI=1S/C19H19ClF3N5O/c1-12-9-16(28-18(24-12)25-17(26-28)19(21,22)23)27-8-4-5-13(10-27)11-29-15-7-3-2-6-14(15)20/h2-3,6-7,9,13H,4-5,8,10-11H2,1H3. The quantitative estimate of drug-likeness (QED) is 0.620. The van der Waals surface area contributed by atoms with E-state index in [1.54, 1.807) is 19.1 Å². The van der Waals surface area contributed by atoms with Crippen molar-refractivity contribution in [1.29, 1.82) is 0 Å². The Morgan fingerprint density at radius 2 is 2.03 bits per heavy atom. The second kappa shape index (κ2) is 7.70. The Labute approximate surface area is 170 Å². The van der Waals surface area contributed by atoms with Crippen molar-refractivity contribution < 1.29 is 17.9 Å². The van der Waals surface area contributed by atoms with Crippen LogP contribution in [-0.2, 0) is 6.18 Å². The molecule has 0 amide bonds. The van der Waals surface area contributed by atoms with E-state index in [-0.39, 0.29) is 11.7 Å². The summed E-state index contributed by atoms with van der Waals surface area (Å²) < 4.78 is 46.2. The molecule has 0 saturated carbocycles. The second-order valence-electron chi connectivity index (χ2n) is 7.10. The Morgan fingerprint density at radius 1 is 1.24 bits per heavy atom. The van der Waals surface area contributed by atoms with Crippen molar-refractivity contribution >= 4 is 23.2 Å². The minimum absolute atomic E-state index is 0.0539. The fourth-order valence-electron chi connectivity index (χ4n) is 3.49. The number of rotatable bonds is 4. The van der Waals surface area contributed by atoms with Crippen molar-refractivity contribution in [3.8, 4) is 5.75 Å². The highest BCUT2D eigenvalue weighted by molar-refractivity contribution is 6.32. The van der Waals surface area contributed by atoms with E-state index in [9.17, 15) is 13.2 Å². The lowest BCUT2D eigenvalue weighted by molar-refractivity contribution is -0.144. The number of benzene rings is 1. The average Bonchev–Trinajstić information content (AvgIpc) is 3.11. The van der Waals surface area contributed by atoms with Gasteiger partial charge in [-0.1, -0.05) is 23.7 Å². The van der Waals surface area contributed by atoms with Crippen LogP contribution in [0.2, 0.25) is 5.02 Å². The summed E-state index contributed by atoms with van der Waals surface area (Å²) in [7, 11) is 0. The maximum absolute atomic E-state index is 13.0. The molecule has 0 aliphatic carbocycles. The highest BCUT2D eigenvalue weighted by Crippen LogP contribution is 2.30. The van der Waals surface area contributed by atoms with Crippen molar-refractivity contribution in [3.05, 3.63) is 46.9 Å². The molecule has 4 rings (SSSR count). The summed E-state index contributed by atoms with van der Waals surface area (Å²) in [5, 5.41) is 4.21. The topological polar surface area (TPSA) is 55.6 Å². The molecule has 1 fully saturated rings. The number of aryl methyl sites for hydroxylation is 1. The zero-order chi connectivity index (χ0) is 20.6. The van der Waals surface area contributed by atoms with Gasteiger partial charge in [-0.05, 0) is 31.9 Å². The third kappa shape index (κ3) is 4.24. The minimum Gasteiger partial charge on any atom is -0.492 e. The SMILES string of the molecule is Cc1cc(N2CCCC(COc3ccccc3Cl)C2)n2nc(C(F)(F)F)nc2n1. The van der Waals surface area contributed by atoms with E-state index >= 15 is 0 Å². The molecule has 0 bridgehead atoms. The van der Waals surface area contributed by atoms with Crippen LogP contribution in [0.15, 0.2) is 30.3 Å². The van der Waals surface area contributed by atoms with Crippen molar-refractivity contribution in [3.63, 3.8) is 0 Å². The summed E-state index contributed by atoms with van der Waals surface area (Å²) in [6.07, 6.45) is -2.77. The maximum atomic E-state index is 13.0. The molecule has 3 heterocycles. The Morgan fingerprint density at radius 3 is 2.79 bits per heavy atom. The molecule has 1 unspecified atom stereocenters. The monoisotopic (exact) mass is 425 g/mol. The van der Waals surface area contributed by atoms with Crippen LogP contribution in [-0.4, -0.2) is 39.3 Å². The molecule has 6 nitrogen and oxygen atoms in total. The second-order valence-corrected chi connectivity index (χ2v) is 7.50. The van der Waals surface area contributed by atoms with Gasteiger partial charge in [-0.2, -0.15) is 22.7 Å². The summed E-state index contributed by atoms with van der Waals surface area (Å²) in [5.41, 5.74) is 0.586. The Balaban J connectivity index is 1.55. The van der Waals surface area contributed by atoms with Gasteiger partial charge in [0.1, 0.15) is 11.6 Å². The Kier molecular flexibility index (Phi) is 5.24. The van der Waals surface area contributed by atoms with Gasteiger partial charge in [-0.25, -0.2) is 4.98 Å². The molecule has 29 heavy (non-hydrogen) atoms. The van der Waals surface area contributed by atoms with E-state index < -0.39 is 12.0 Å². The molecule has 1 saturated heterocycles. The number of fused-ring (bicyclic) bond motifs is 1. The fraction of sp³-hybridized carbons (Fsp3) is 0.421. The third-order valence-electron chi connectivity index (χ3n) is 4.83. The van der Waals surface area contributed by atoms with Crippen LogP contribution in [0.5, 0.6) is 5.75 Å². The van der Waals surface area contributed by atoms with Crippen LogP contribution in [0, 0.1) is 12.8 Å². The predicted molar refractivity (Wildman–Crippen MR) is 102 cm³/mol. The van der Waals surface area contributed by atoms with Gasteiger partial charge in [0.15, 0.2) is 0 Å². The molecule has 3 aromatic rings. The number of nitrogens with zero attached hydrogens (tertiary/aromatic N) is 5. The number of ether oxygens (including phenoxy) is 1. The highest BCUT2D eigenvalue weighted by atomic mass is 35.5. The van der Waals surface area contributed by atoms with Crippen LogP contribution in [0.4, 0.5) is 19.0 Å². The zero-order valence-corrected chi connectivity index (χ0v) is 16.4. The van der Waals surface area contributed by atoms with Crippen molar-refractivity contribution in [2.45, 2.75) is 25.9 Å². The van der Waals surface area contributed by atoms with Crippen molar-refractivity contribution in [2.75, 3.05) is 24.6 Å². The highest BCUT2D eigenvalue weighted by Gasteiger charge is 2.37. The molecule has 1 aliphatic rings. The lowest BCUT2D eigenvalue weighted by atomic mass is 9.99. The molecular weight excluding hydrogens is 407 g/mol. The molecule has 154 valence electrons. The van der Waals surface area contributed by atoms with E-state index in [0.717, 1.165) is 12.8 Å². The summed E-state index contributed by atoms with van der Waals surface area (Å²) in [5.74, 6) is 0.140. The van der Waals surface area contributed by atoms with E-state index in [2.05, 4.69) is 15.1 Å². The van der Waals surface area contributed by atoms with Crippen LogP contribution >= 0.6 is 11.6 Å². The number of hydrogen-bond acceptors (Lipinski definition) is 5. The van der Waals surface area contributed by atoms with Gasteiger partial charge in [0.05, 0.1) is 11.6 Å². The minimum atomic E-state index is -4.62. The number of aromatic nitrogens is 4. The van der Waals surface area contributed by atoms with Gasteiger partial charge >= 0.3 is 6.18 Å². The first-order valence-electron chi connectivity index (χ1n) is 9.25. The van der Waals surface area contributed by atoms with Crippen LogP contribution < -0.4 is 9.64 Å². The maximum Gasteiger partial charge on any atom is 0.453 e. The fourth-order valence-corrected chi connectivity index (χ4v) is 3.68. The van der Waals surface area contributed by atoms with E-state index in [0.29, 0.717) is 42.0 Å². The lowest BCUT2D eigenvalue weighted by Crippen LogP contribution is -2.39. The normalized spacial score (nSPS) is 17.7. The summed E-state index contributed by atoms with van der Waals surface area (Å²) in [4.78, 5) is 9.66. The number of piperidine rings is 1. The largest absolute Gasteiger partial charge is 0.492 e. The first-order valence-corrected chi connectivity index (χ1v) is 9.63. The van der Waals surface area contributed by atoms with Crippen LogP contribution in [0.25, 0.3) is 5.78 Å². The molecule has 0 N–H and O–H groups in total. The van der Waals surface area contributed by atoms with Gasteiger partial charge in [0, 0.05) is 30.8 Å². The number of halogens is 4. The number of hydrogen-bond donors (Lipinski definition) is 0. The summed E-state index contributed by atoms with van der Waals surface area (Å²) in [6.45, 7) is 3.54. The Hall–Kier alpha value is -2.55. The van der Waals surface area contributed by atoms with Gasteiger partial charge in [0.25, 0.3) is 11.6 Å². The number of para-hydroxylation sites is 1. The van der Waals surface area contributed by atoms with Gasteiger partial charge in [0.2, 0.25) is 0 Å². The molecule has 1 aromatic carbocycles. The summed E-state index contributed by atoms with van der Waals surface area (Å²) >= 11 is 6.14. The zero-order valence-electron chi connectivity index (χ0n) is 15.7. The number of alkyl halides is 3. The van der Waals surface area contributed by atoms with E-state index in [1.165, 1.54) is 4.52 Å². The predicted octanol–water partition coefficient (Wildman–Crippen LogP) is 4.40. The van der Waals surface area contributed by atoms with Crippen molar-refractivity contribution in [1.82, 2.24) is 19.6 Å².